The van der Waals surface area contributed by atoms with Gasteiger partial charge in [0.1, 0.15) is 6.61 Å². The van der Waals surface area contributed by atoms with Gasteiger partial charge in [0.25, 0.3) is 5.91 Å². The minimum Gasteiger partial charge on any atom is -0.493 e. The van der Waals surface area contributed by atoms with E-state index in [-0.39, 0.29) is 5.91 Å². The monoisotopic (exact) mass is 503 g/mol. The van der Waals surface area contributed by atoms with E-state index < -0.39 is 0 Å². The smallest absolute Gasteiger partial charge is 0.251 e. The highest BCUT2D eigenvalue weighted by atomic mass is 16.5. The molecule has 3 aromatic carbocycles. The van der Waals surface area contributed by atoms with Crippen molar-refractivity contribution in [3.8, 4) is 17.2 Å². The summed E-state index contributed by atoms with van der Waals surface area (Å²) in [6.07, 6.45) is 0.900. The van der Waals surface area contributed by atoms with Gasteiger partial charge in [-0.2, -0.15) is 0 Å². The number of carbonyl (C=O) groups excluding carboxylic acids is 1. The van der Waals surface area contributed by atoms with E-state index >= 15 is 0 Å². The Morgan fingerprint density at radius 2 is 1.38 bits per heavy atom. The van der Waals surface area contributed by atoms with Crippen molar-refractivity contribution in [1.29, 1.82) is 0 Å². The summed E-state index contributed by atoms with van der Waals surface area (Å²) in [6, 6.07) is 23.9. The summed E-state index contributed by atoms with van der Waals surface area (Å²) in [4.78, 5) is 17.8. The van der Waals surface area contributed by atoms with Gasteiger partial charge in [-0.15, -0.1) is 0 Å². The summed E-state index contributed by atoms with van der Waals surface area (Å²) < 4.78 is 17.0. The second-order valence-electron chi connectivity index (χ2n) is 9.20. The van der Waals surface area contributed by atoms with Crippen LogP contribution in [0.5, 0.6) is 17.2 Å². The van der Waals surface area contributed by atoms with Gasteiger partial charge in [-0.1, -0.05) is 60.7 Å². The van der Waals surface area contributed by atoms with E-state index in [9.17, 15) is 4.79 Å². The number of piperazine rings is 1. The molecular weight excluding hydrogens is 466 g/mol. The van der Waals surface area contributed by atoms with Gasteiger partial charge in [-0.3, -0.25) is 9.69 Å². The highest BCUT2D eigenvalue weighted by molar-refractivity contribution is 5.95. The zero-order valence-electron chi connectivity index (χ0n) is 21.8. The lowest BCUT2D eigenvalue weighted by atomic mass is 10.1. The third-order valence-electron chi connectivity index (χ3n) is 6.60. The van der Waals surface area contributed by atoms with Crippen LogP contribution < -0.4 is 19.5 Å². The van der Waals surface area contributed by atoms with Crippen molar-refractivity contribution in [2.24, 2.45) is 0 Å². The minimum absolute atomic E-state index is 0.154. The van der Waals surface area contributed by atoms with Crippen LogP contribution in [0.3, 0.4) is 0 Å². The van der Waals surface area contributed by atoms with E-state index in [1.807, 2.05) is 30.3 Å². The molecule has 1 amide bonds. The van der Waals surface area contributed by atoms with Crippen LogP contribution in [0.2, 0.25) is 0 Å². The fraction of sp³-hybridized carbons (Fsp3) is 0.367. The Kier molecular flexibility index (Phi) is 9.80. The Labute approximate surface area is 219 Å². The molecule has 3 aromatic rings. The molecule has 0 unspecified atom stereocenters. The number of carbonyl (C=O) groups is 1. The molecule has 4 rings (SSSR count). The van der Waals surface area contributed by atoms with Gasteiger partial charge < -0.3 is 24.4 Å². The SMILES string of the molecule is COc1cc(C(=O)NCCCN2CCN(Cc3ccccc3)CC2)cc(OC)c1OCc1ccccc1. The Bertz CT molecular complexity index is 1090. The van der Waals surface area contributed by atoms with Gasteiger partial charge in [0, 0.05) is 44.8 Å². The molecule has 1 saturated heterocycles. The van der Waals surface area contributed by atoms with Gasteiger partial charge in [-0.25, -0.2) is 0 Å². The Morgan fingerprint density at radius 3 is 1.97 bits per heavy atom. The largest absolute Gasteiger partial charge is 0.493 e. The number of hydrogen-bond acceptors (Lipinski definition) is 6. The molecule has 7 nitrogen and oxygen atoms in total. The summed E-state index contributed by atoms with van der Waals surface area (Å²) >= 11 is 0. The van der Waals surface area contributed by atoms with Crippen molar-refractivity contribution in [3.63, 3.8) is 0 Å². The van der Waals surface area contributed by atoms with Crippen LogP contribution in [-0.4, -0.2) is 69.2 Å². The molecule has 0 spiro atoms. The van der Waals surface area contributed by atoms with E-state index in [1.54, 1.807) is 26.4 Å². The van der Waals surface area contributed by atoms with Crippen molar-refractivity contribution in [1.82, 2.24) is 15.1 Å². The lowest BCUT2D eigenvalue weighted by molar-refractivity contribution is 0.0946. The summed E-state index contributed by atoms with van der Waals surface area (Å²) in [5.41, 5.74) is 2.88. The van der Waals surface area contributed by atoms with Crippen molar-refractivity contribution in [2.75, 3.05) is 53.5 Å². The predicted molar refractivity (Wildman–Crippen MR) is 145 cm³/mol. The Balaban J connectivity index is 1.23. The van der Waals surface area contributed by atoms with Gasteiger partial charge in [0.15, 0.2) is 11.5 Å². The fourth-order valence-corrected chi connectivity index (χ4v) is 4.50. The first-order chi connectivity index (χ1) is 18.2. The molecule has 1 aliphatic rings. The Morgan fingerprint density at radius 1 is 0.811 bits per heavy atom. The standard InChI is InChI=1S/C30H37N3O4/c1-35-27-20-26(21-28(36-2)29(27)37-23-25-12-7-4-8-13-25)30(34)31-14-9-15-32-16-18-33(19-17-32)22-24-10-5-3-6-11-24/h3-8,10-13,20-21H,9,14-19,22-23H2,1-2H3,(H,31,34). The molecule has 0 radical (unpaired) electrons. The molecule has 1 aliphatic heterocycles. The lowest BCUT2D eigenvalue weighted by Crippen LogP contribution is -2.46. The van der Waals surface area contributed by atoms with Crippen LogP contribution in [0.4, 0.5) is 0 Å². The third kappa shape index (κ3) is 7.71. The quantitative estimate of drug-likeness (QED) is 0.374. The number of rotatable bonds is 12. The van der Waals surface area contributed by atoms with Crippen LogP contribution in [0.15, 0.2) is 72.8 Å². The average Bonchev–Trinajstić information content (AvgIpc) is 2.95. The van der Waals surface area contributed by atoms with Crippen LogP contribution >= 0.6 is 0 Å². The molecule has 0 bridgehead atoms. The normalized spacial score (nSPS) is 14.2. The molecule has 1 heterocycles. The number of methoxy groups -OCH3 is 2. The number of amides is 1. The van der Waals surface area contributed by atoms with E-state index in [0.29, 0.717) is 36.0 Å². The predicted octanol–water partition coefficient (Wildman–Crippen LogP) is 4.22. The maximum Gasteiger partial charge on any atom is 0.251 e. The molecule has 1 N–H and O–H groups in total. The average molecular weight is 504 g/mol. The zero-order valence-corrected chi connectivity index (χ0v) is 21.8. The van der Waals surface area contributed by atoms with Gasteiger partial charge >= 0.3 is 0 Å². The number of hydrogen-bond donors (Lipinski definition) is 1. The first-order valence-corrected chi connectivity index (χ1v) is 12.9. The molecule has 0 atom stereocenters. The molecule has 0 aromatic heterocycles. The van der Waals surface area contributed by atoms with Gasteiger partial charge in [-0.05, 0) is 36.2 Å². The summed E-state index contributed by atoms with van der Waals surface area (Å²) in [5, 5.41) is 3.03. The van der Waals surface area contributed by atoms with E-state index in [4.69, 9.17) is 14.2 Å². The molecule has 0 aliphatic carbocycles. The maximum atomic E-state index is 12.9. The van der Waals surface area contributed by atoms with Crippen LogP contribution in [-0.2, 0) is 13.2 Å². The van der Waals surface area contributed by atoms with E-state index in [2.05, 4.69) is 45.4 Å². The van der Waals surface area contributed by atoms with Gasteiger partial charge in [0.2, 0.25) is 5.75 Å². The number of benzene rings is 3. The first kappa shape index (κ1) is 26.5. The molecule has 7 heteroatoms. The molecular formula is C30H37N3O4. The van der Waals surface area contributed by atoms with E-state index in [1.165, 1.54) is 5.56 Å². The van der Waals surface area contributed by atoms with Gasteiger partial charge in [0.05, 0.1) is 14.2 Å². The lowest BCUT2D eigenvalue weighted by Gasteiger charge is -2.34. The van der Waals surface area contributed by atoms with Crippen LogP contribution in [0.25, 0.3) is 0 Å². The second kappa shape index (κ2) is 13.7. The number of nitrogens with zero attached hydrogens (tertiary/aromatic N) is 2. The number of ether oxygens (including phenoxy) is 3. The second-order valence-corrected chi connectivity index (χ2v) is 9.20. The minimum atomic E-state index is -0.154. The zero-order chi connectivity index (χ0) is 25.9. The van der Waals surface area contributed by atoms with Crippen molar-refractivity contribution in [2.45, 2.75) is 19.6 Å². The topological polar surface area (TPSA) is 63.3 Å². The van der Waals surface area contributed by atoms with Crippen molar-refractivity contribution >= 4 is 5.91 Å². The highest BCUT2D eigenvalue weighted by Gasteiger charge is 2.19. The highest BCUT2D eigenvalue weighted by Crippen LogP contribution is 2.39. The van der Waals surface area contributed by atoms with Crippen LogP contribution in [0, 0.1) is 0 Å². The van der Waals surface area contributed by atoms with Crippen molar-refractivity contribution < 1.29 is 19.0 Å². The van der Waals surface area contributed by atoms with Crippen molar-refractivity contribution in [3.05, 3.63) is 89.5 Å². The van der Waals surface area contributed by atoms with E-state index in [0.717, 1.165) is 51.3 Å². The molecule has 37 heavy (non-hydrogen) atoms. The summed E-state index contributed by atoms with van der Waals surface area (Å²) in [7, 11) is 3.12. The summed E-state index contributed by atoms with van der Waals surface area (Å²) in [6.45, 7) is 7.21. The molecule has 1 fully saturated rings. The first-order valence-electron chi connectivity index (χ1n) is 12.9. The fourth-order valence-electron chi connectivity index (χ4n) is 4.50. The summed E-state index contributed by atoms with van der Waals surface area (Å²) in [5.74, 6) is 1.26. The maximum absolute atomic E-state index is 12.9. The Hall–Kier alpha value is -3.55. The number of nitrogens with one attached hydrogen (secondary N) is 1. The molecule has 196 valence electrons. The molecule has 0 saturated carbocycles. The third-order valence-corrected chi connectivity index (χ3v) is 6.60. The van der Waals surface area contributed by atoms with Crippen LogP contribution in [0.1, 0.15) is 27.9 Å².